The zero-order valence-electron chi connectivity index (χ0n) is 15.7. The van der Waals surface area contributed by atoms with Crippen LogP contribution in [0, 0.1) is 6.92 Å². The van der Waals surface area contributed by atoms with Gasteiger partial charge < -0.3 is 14.8 Å². The van der Waals surface area contributed by atoms with Gasteiger partial charge in [0.15, 0.2) is 8.68 Å². The molecular formula is C16H19N3O5S4. The number of thiophene rings is 1. The monoisotopic (exact) mass is 461 g/mol. The van der Waals surface area contributed by atoms with Crippen LogP contribution in [-0.2, 0) is 14.3 Å². The van der Waals surface area contributed by atoms with Crippen molar-refractivity contribution in [3.8, 4) is 0 Å². The SMILES string of the molecule is CCOC(=O)c1c(NC(=O)CSc2nnc(SCC)s2)sc(C(=O)OC)c1C. The summed E-state index contributed by atoms with van der Waals surface area (Å²) in [4.78, 5) is 36.8. The molecule has 0 atom stereocenters. The second kappa shape index (κ2) is 10.8. The van der Waals surface area contributed by atoms with E-state index >= 15 is 0 Å². The number of nitrogens with zero attached hydrogens (tertiary/aromatic N) is 2. The quantitative estimate of drug-likeness (QED) is 0.441. The number of thioether (sulfide) groups is 2. The number of methoxy groups -OCH3 is 1. The molecule has 2 rings (SSSR count). The average Bonchev–Trinajstić information content (AvgIpc) is 3.24. The standard InChI is InChI=1S/C16H19N3O5S4/c1-5-24-13(21)10-8(3)11(14(22)23-4)27-12(10)17-9(20)7-26-16-19-18-15(28-16)25-6-2/h5-7H2,1-4H3,(H,17,20). The van der Waals surface area contributed by atoms with Crippen LogP contribution in [0.3, 0.4) is 0 Å². The molecule has 152 valence electrons. The second-order valence-corrected chi connectivity index (χ2v) is 9.81. The Bertz CT molecular complexity index is 865. The molecular weight excluding hydrogens is 442 g/mol. The third-order valence-electron chi connectivity index (χ3n) is 3.23. The first-order chi connectivity index (χ1) is 13.4. The predicted molar refractivity (Wildman–Crippen MR) is 112 cm³/mol. The van der Waals surface area contributed by atoms with Gasteiger partial charge in [-0.25, -0.2) is 9.59 Å². The maximum absolute atomic E-state index is 12.4. The maximum atomic E-state index is 12.4. The average molecular weight is 462 g/mol. The molecule has 0 unspecified atom stereocenters. The van der Waals surface area contributed by atoms with E-state index in [2.05, 4.69) is 15.5 Å². The highest BCUT2D eigenvalue weighted by molar-refractivity contribution is 8.03. The first-order valence-electron chi connectivity index (χ1n) is 8.18. The molecule has 0 saturated heterocycles. The Morgan fingerprint density at radius 1 is 1.07 bits per heavy atom. The minimum absolute atomic E-state index is 0.0954. The summed E-state index contributed by atoms with van der Waals surface area (Å²) in [5.41, 5.74) is 0.590. The highest BCUT2D eigenvalue weighted by atomic mass is 32.2. The third-order valence-corrected chi connectivity index (χ3v) is 7.49. The summed E-state index contributed by atoms with van der Waals surface area (Å²) in [5, 5.41) is 11.0. The molecule has 0 radical (unpaired) electrons. The molecule has 0 spiro atoms. The van der Waals surface area contributed by atoms with E-state index in [-0.39, 0.29) is 33.7 Å². The molecule has 1 amide bonds. The Kier molecular flexibility index (Phi) is 8.73. The van der Waals surface area contributed by atoms with Gasteiger partial charge in [0.1, 0.15) is 9.88 Å². The maximum Gasteiger partial charge on any atom is 0.348 e. The smallest absolute Gasteiger partial charge is 0.348 e. The molecule has 0 saturated carbocycles. The lowest BCUT2D eigenvalue weighted by Gasteiger charge is -2.06. The number of ether oxygens (including phenoxy) is 2. The molecule has 28 heavy (non-hydrogen) atoms. The molecule has 8 nitrogen and oxygen atoms in total. The van der Waals surface area contributed by atoms with E-state index in [0.717, 1.165) is 21.4 Å². The summed E-state index contributed by atoms with van der Waals surface area (Å²) in [6, 6.07) is 0. The van der Waals surface area contributed by atoms with Gasteiger partial charge in [-0.3, -0.25) is 4.79 Å². The van der Waals surface area contributed by atoms with Gasteiger partial charge >= 0.3 is 11.9 Å². The first kappa shape index (κ1) is 22.7. The van der Waals surface area contributed by atoms with Crippen molar-refractivity contribution < 1.29 is 23.9 Å². The van der Waals surface area contributed by atoms with Gasteiger partial charge in [-0.1, -0.05) is 41.8 Å². The topological polar surface area (TPSA) is 107 Å². The van der Waals surface area contributed by atoms with E-state index in [9.17, 15) is 14.4 Å². The molecule has 0 fully saturated rings. The molecule has 1 N–H and O–H groups in total. The van der Waals surface area contributed by atoms with Crippen molar-refractivity contribution in [2.75, 3.05) is 30.5 Å². The van der Waals surface area contributed by atoms with Gasteiger partial charge in [-0.15, -0.1) is 21.5 Å². The molecule has 2 aromatic rings. The fraction of sp³-hybridized carbons (Fsp3) is 0.438. The summed E-state index contributed by atoms with van der Waals surface area (Å²) in [6.45, 7) is 5.51. The number of rotatable bonds is 9. The van der Waals surface area contributed by atoms with Crippen LogP contribution in [-0.4, -0.2) is 53.3 Å². The minimum Gasteiger partial charge on any atom is -0.465 e. The van der Waals surface area contributed by atoms with Crippen LogP contribution in [0.5, 0.6) is 0 Å². The minimum atomic E-state index is -0.597. The van der Waals surface area contributed by atoms with Crippen LogP contribution in [0.2, 0.25) is 0 Å². The summed E-state index contributed by atoms with van der Waals surface area (Å²) in [5.74, 6) is -0.500. The van der Waals surface area contributed by atoms with Crippen molar-refractivity contribution in [3.05, 3.63) is 16.0 Å². The largest absolute Gasteiger partial charge is 0.465 e. The Hall–Kier alpha value is -1.63. The summed E-state index contributed by atoms with van der Waals surface area (Å²) >= 11 is 5.26. The van der Waals surface area contributed by atoms with Crippen LogP contribution < -0.4 is 5.32 Å². The number of anilines is 1. The van der Waals surface area contributed by atoms with Crippen LogP contribution >= 0.6 is 46.2 Å². The van der Waals surface area contributed by atoms with Gasteiger partial charge in [0.2, 0.25) is 5.91 Å². The zero-order chi connectivity index (χ0) is 20.7. The zero-order valence-corrected chi connectivity index (χ0v) is 19.0. The Morgan fingerprint density at radius 3 is 2.36 bits per heavy atom. The van der Waals surface area contributed by atoms with Gasteiger partial charge in [-0.2, -0.15) is 0 Å². The van der Waals surface area contributed by atoms with Gasteiger partial charge in [-0.05, 0) is 25.2 Å². The summed E-state index contributed by atoms with van der Waals surface area (Å²) in [7, 11) is 1.26. The Morgan fingerprint density at radius 2 is 1.75 bits per heavy atom. The molecule has 2 aromatic heterocycles. The van der Waals surface area contributed by atoms with Crippen molar-refractivity contribution in [2.24, 2.45) is 0 Å². The highest BCUT2D eigenvalue weighted by Crippen LogP contribution is 2.35. The second-order valence-electron chi connectivity index (χ2n) is 5.08. The first-order valence-corrected chi connectivity index (χ1v) is 11.8. The van der Waals surface area contributed by atoms with Crippen LogP contribution in [0.25, 0.3) is 0 Å². The van der Waals surface area contributed by atoms with Crippen LogP contribution in [0.4, 0.5) is 5.00 Å². The van der Waals surface area contributed by atoms with Crippen molar-refractivity contribution >= 4 is 69.0 Å². The van der Waals surface area contributed by atoms with E-state index in [4.69, 9.17) is 9.47 Å². The Labute approximate surface area is 178 Å². The summed E-state index contributed by atoms with van der Waals surface area (Å²) < 4.78 is 11.3. The fourth-order valence-corrected chi connectivity index (χ4v) is 5.91. The van der Waals surface area contributed by atoms with E-state index in [1.165, 1.54) is 30.2 Å². The van der Waals surface area contributed by atoms with Crippen LogP contribution in [0.15, 0.2) is 8.68 Å². The number of esters is 2. The fourth-order valence-electron chi connectivity index (χ4n) is 2.07. The predicted octanol–water partition coefficient (Wildman–Crippen LogP) is 3.71. The number of aromatic nitrogens is 2. The van der Waals surface area contributed by atoms with Crippen molar-refractivity contribution in [3.63, 3.8) is 0 Å². The van der Waals surface area contributed by atoms with Crippen LogP contribution in [0.1, 0.15) is 39.4 Å². The number of carbonyl (C=O) groups is 3. The molecule has 0 aliphatic rings. The van der Waals surface area contributed by atoms with Gasteiger partial charge in [0.05, 0.1) is 25.0 Å². The number of nitrogens with one attached hydrogen (secondary N) is 1. The molecule has 0 aliphatic carbocycles. The lowest BCUT2D eigenvalue weighted by Crippen LogP contribution is -2.16. The number of hydrogen-bond donors (Lipinski definition) is 1. The summed E-state index contributed by atoms with van der Waals surface area (Å²) in [6.07, 6.45) is 0. The normalized spacial score (nSPS) is 10.6. The number of carbonyl (C=O) groups excluding carboxylic acids is 3. The van der Waals surface area contributed by atoms with Gasteiger partial charge in [0, 0.05) is 0 Å². The molecule has 0 aliphatic heterocycles. The van der Waals surface area contributed by atoms with Gasteiger partial charge in [0.25, 0.3) is 0 Å². The number of amides is 1. The molecule has 2 heterocycles. The van der Waals surface area contributed by atoms with Crippen molar-refractivity contribution in [2.45, 2.75) is 29.5 Å². The molecule has 0 aromatic carbocycles. The van der Waals surface area contributed by atoms with E-state index < -0.39 is 11.9 Å². The third kappa shape index (κ3) is 5.69. The molecule has 0 bridgehead atoms. The lowest BCUT2D eigenvalue weighted by molar-refractivity contribution is -0.113. The van der Waals surface area contributed by atoms with E-state index in [0.29, 0.717) is 9.90 Å². The Balaban J connectivity index is 2.12. The molecule has 12 heteroatoms. The highest BCUT2D eigenvalue weighted by Gasteiger charge is 2.27. The number of hydrogen-bond acceptors (Lipinski definition) is 11. The van der Waals surface area contributed by atoms with Crippen molar-refractivity contribution in [1.29, 1.82) is 0 Å². The van der Waals surface area contributed by atoms with E-state index in [1.54, 1.807) is 25.6 Å². The van der Waals surface area contributed by atoms with Crippen molar-refractivity contribution in [1.82, 2.24) is 10.2 Å². The lowest BCUT2D eigenvalue weighted by atomic mass is 10.1. The van der Waals surface area contributed by atoms with E-state index in [1.807, 2.05) is 6.92 Å².